The van der Waals surface area contributed by atoms with Crippen molar-refractivity contribution in [3.05, 3.63) is 39.8 Å². The molecule has 8 heteroatoms. The van der Waals surface area contributed by atoms with Crippen molar-refractivity contribution in [1.82, 2.24) is 5.32 Å². The number of benzene rings is 1. The molecule has 2 rings (SSSR count). The molecule has 23 heavy (non-hydrogen) atoms. The SMILES string of the molecule is COC(=O)/C=C1/S/C(=N\N=Cc2ccc(C)c(C)c2O)NC1=O. The van der Waals surface area contributed by atoms with Crippen molar-refractivity contribution < 1.29 is 19.4 Å². The summed E-state index contributed by atoms with van der Waals surface area (Å²) in [4.78, 5) is 22.9. The van der Waals surface area contributed by atoms with Gasteiger partial charge in [-0.2, -0.15) is 5.10 Å². The maximum Gasteiger partial charge on any atom is 0.331 e. The molecule has 0 radical (unpaired) electrons. The minimum absolute atomic E-state index is 0.142. The van der Waals surface area contributed by atoms with Gasteiger partial charge in [-0.25, -0.2) is 4.79 Å². The summed E-state index contributed by atoms with van der Waals surface area (Å²) in [6.45, 7) is 3.71. The standard InChI is InChI=1S/C15H15N3O4S/c1-8-4-5-10(13(20)9(8)2)7-16-18-15-17-14(21)11(23-15)6-12(19)22-3/h4-7,20H,1-3H3,(H,17,18,21)/b11-6+,16-7?. The highest BCUT2D eigenvalue weighted by atomic mass is 32.2. The average Bonchev–Trinajstić information content (AvgIpc) is 2.87. The molecule has 1 aliphatic heterocycles. The second-order valence-corrected chi connectivity index (χ2v) is 5.71. The molecule has 0 bridgehead atoms. The number of aryl methyl sites for hydroxylation is 1. The van der Waals surface area contributed by atoms with E-state index >= 15 is 0 Å². The highest BCUT2D eigenvalue weighted by molar-refractivity contribution is 8.18. The number of carbonyl (C=O) groups is 2. The van der Waals surface area contributed by atoms with Crippen LogP contribution in [0.4, 0.5) is 0 Å². The maximum atomic E-state index is 11.6. The van der Waals surface area contributed by atoms with Crippen LogP contribution in [0, 0.1) is 13.8 Å². The van der Waals surface area contributed by atoms with Crippen LogP contribution in [0.3, 0.4) is 0 Å². The summed E-state index contributed by atoms with van der Waals surface area (Å²) >= 11 is 0.981. The van der Waals surface area contributed by atoms with E-state index < -0.39 is 11.9 Å². The zero-order valence-electron chi connectivity index (χ0n) is 12.8. The molecule has 0 aromatic heterocycles. The van der Waals surface area contributed by atoms with E-state index in [9.17, 15) is 14.7 Å². The number of thioether (sulfide) groups is 1. The predicted molar refractivity (Wildman–Crippen MR) is 88.4 cm³/mol. The number of carbonyl (C=O) groups excluding carboxylic acids is 2. The Labute approximate surface area is 137 Å². The van der Waals surface area contributed by atoms with Gasteiger partial charge in [0, 0.05) is 11.6 Å². The number of amides is 1. The van der Waals surface area contributed by atoms with Gasteiger partial charge in [0.15, 0.2) is 5.17 Å². The number of ether oxygens (including phenoxy) is 1. The number of esters is 1. The third-order valence-electron chi connectivity index (χ3n) is 3.18. The molecule has 0 aliphatic carbocycles. The molecule has 0 unspecified atom stereocenters. The van der Waals surface area contributed by atoms with E-state index in [1.54, 1.807) is 6.07 Å². The molecule has 1 fully saturated rings. The lowest BCUT2D eigenvalue weighted by Crippen LogP contribution is -2.19. The molecular formula is C15H15N3O4S. The topological polar surface area (TPSA) is 100 Å². The lowest BCUT2D eigenvalue weighted by Gasteiger charge is -2.05. The van der Waals surface area contributed by atoms with Crippen molar-refractivity contribution in [3.63, 3.8) is 0 Å². The van der Waals surface area contributed by atoms with E-state index in [0.29, 0.717) is 5.56 Å². The molecule has 1 heterocycles. The van der Waals surface area contributed by atoms with Gasteiger partial charge in [-0.05, 0) is 42.8 Å². The summed E-state index contributed by atoms with van der Waals surface area (Å²) < 4.78 is 4.46. The second kappa shape index (κ2) is 7.10. The fraction of sp³-hybridized carbons (Fsp3) is 0.200. The van der Waals surface area contributed by atoms with Crippen LogP contribution < -0.4 is 5.32 Å². The predicted octanol–water partition coefficient (Wildman–Crippen LogP) is 1.62. The molecule has 120 valence electrons. The van der Waals surface area contributed by atoms with E-state index in [4.69, 9.17) is 0 Å². The number of hydrogen-bond acceptors (Lipinski definition) is 7. The van der Waals surface area contributed by atoms with Crippen LogP contribution in [-0.4, -0.2) is 35.5 Å². The van der Waals surface area contributed by atoms with Crippen LogP contribution in [0.1, 0.15) is 16.7 Å². The van der Waals surface area contributed by atoms with Crippen molar-refractivity contribution in [3.8, 4) is 5.75 Å². The molecular weight excluding hydrogens is 318 g/mol. The van der Waals surface area contributed by atoms with Crippen LogP contribution >= 0.6 is 11.8 Å². The minimum atomic E-state index is -0.618. The smallest absolute Gasteiger partial charge is 0.331 e. The molecule has 1 aromatic carbocycles. The largest absolute Gasteiger partial charge is 0.507 e. The number of rotatable bonds is 3. The molecule has 1 saturated heterocycles. The third-order valence-corrected chi connectivity index (χ3v) is 4.08. The van der Waals surface area contributed by atoms with Gasteiger partial charge in [0.05, 0.1) is 18.2 Å². The first kappa shape index (κ1) is 16.8. The molecule has 2 N–H and O–H groups in total. The van der Waals surface area contributed by atoms with Crippen LogP contribution in [-0.2, 0) is 14.3 Å². The highest BCUT2D eigenvalue weighted by Gasteiger charge is 2.24. The fourth-order valence-electron chi connectivity index (χ4n) is 1.71. The number of nitrogens with zero attached hydrogens (tertiary/aromatic N) is 2. The highest BCUT2D eigenvalue weighted by Crippen LogP contribution is 2.25. The van der Waals surface area contributed by atoms with Crippen LogP contribution in [0.15, 0.2) is 33.3 Å². The zero-order chi connectivity index (χ0) is 17.0. The Balaban J connectivity index is 2.13. The summed E-state index contributed by atoms with van der Waals surface area (Å²) in [5, 5.41) is 20.4. The lowest BCUT2D eigenvalue weighted by atomic mass is 10.1. The summed E-state index contributed by atoms with van der Waals surface area (Å²) in [6.07, 6.45) is 2.48. The molecule has 1 aromatic rings. The van der Waals surface area contributed by atoms with E-state index in [1.807, 2.05) is 19.9 Å². The molecule has 0 spiro atoms. The Morgan fingerprint density at radius 3 is 2.83 bits per heavy atom. The minimum Gasteiger partial charge on any atom is -0.507 e. The fourth-order valence-corrected chi connectivity index (χ4v) is 2.45. The van der Waals surface area contributed by atoms with Gasteiger partial charge in [-0.3, -0.25) is 10.1 Å². The van der Waals surface area contributed by atoms with E-state index in [0.717, 1.165) is 29.0 Å². The number of nitrogens with one attached hydrogen (secondary N) is 1. The maximum absolute atomic E-state index is 11.6. The summed E-state index contributed by atoms with van der Waals surface area (Å²) in [7, 11) is 1.23. The summed E-state index contributed by atoms with van der Waals surface area (Å²) in [5.41, 5.74) is 2.27. The van der Waals surface area contributed by atoms with Crippen LogP contribution in [0.2, 0.25) is 0 Å². The quantitative estimate of drug-likeness (QED) is 0.379. The Morgan fingerprint density at radius 2 is 2.13 bits per heavy atom. The van der Waals surface area contributed by atoms with Gasteiger partial charge in [0.1, 0.15) is 5.75 Å². The van der Waals surface area contributed by atoms with Crippen molar-refractivity contribution in [2.45, 2.75) is 13.8 Å². The second-order valence-electron chi connectivity index (χ2n) is 4.68. The number of hydrogen-bond donors (Lipinski definition) is 2. The Kier molecular flexibility index (Phi) is 5.17. The van der Waals surface area contributed by atoms with Gasteiger partial charge < -0.3 is 9.84 Å². The van der Waals surface area contributed by atoms with Gasteiger partial charge >= 0.3 is 5.97 Å². The van der Waals surface area contributed by atoms with Crippen molar-refractivity contribution in [2.75, 3.05) is 7.11 Å². The third kappa shape index (κ3) is 3.98. The monoisotopic (exact) mass is 333 g/mol. The summed E-state index contributed by atoms with van der Waals surface area (Å²) in [5.74, 6) is -0.917. The molecule has 7 nitrogen and oxygen atoms in total. The first-order valence-electron chi connectivity index (χ1n) is 6.61. The van der Waals surface area contributed by atoms with Crippen LogP contribution in [0.25, 0.3) is 0 Å². The van der Waals surface area contributed by atoms with Crippen molar-refractivity contribution >= 4 is 35.0 Å². The van der Waals surface area contributed by atoms with E-state index in [2.05, 4.69) is 20.3 Å². The van der Waals surface area contributed by atoms with Gasteiger partial charge in [0.2, 0.25) is 0 Å². The number of phenols is 1. The van der Waals surface area contributed by atoms with Crippen LogP contribution in [0.5, 0.6) is 5.75 Å². The first-order valence-corrected chi connectivity index (χ1v) is 7.43. The zero-order valence-corrected chi connectivity index (χ0v) is 13.6. The normalized spacial score (nSPS) is 18.0. The molecule has 1 aliphatic rings. The number of amidine groups is 1. The van der Waals surface area contributed by atoms with Gasteiger partial charge in [-0.1, -0.05) is 6.07 Å². The Bertz CT molecular complexity index is 753. The number of phenolic OH excluding ortho intramolecular Hbond substituents is 1. The number of aromatic hydroxyl groups is 1. The van der Waals surface area contributed by atoms with E-state index in [-0.39, 0.29) is 15.8 Å². The van der Waals surface area contributed by atoms with Gasteiger partial charge in [-0.15, -0.1) is 5.10 Å². The molecule has 0 saturated carbocycles. The number of methoxy groups -OCH3 is 1. The van der Waals surface area contributed by atoms with E-state index in [1.165, 1.54) is 13.3 Å². The Morgan fingerprint density at radius 1 is 1.39 bits per heavy atom. The van der Waals surface area contributed by atoms with Gasteiger partial charge in [0.25, 0.3) is 5.91 Å². The Hall–Kier alpha value is -2.61. The lowest BCUT2D eigenvalue weighted by molar-refractivity contribution is -0.135. The molecule has 1 amide bonds. The van der Waals surface area contributed by atoms with Crippen molar-refractivity contribution in [2.24, 2.45) is 10.2 Å². The average molecular weight is 333 g/mol. The summed E-state index contributed by atoms with van der Waals surface area (Å²) in [6, 6.07) is 3.59. The first-order chi connectivity index (χ1) is 10.9. The molecule has 0 atom stereocenters. The van der Waals surface area contributed by atoms with Crippen molar-refractivity contribution in [1.29, 1.82) is 0 Å².